The molecule has 16 nitrogen and oxygen atoms in total. The summed E-state index contributed by atoms with van der Waals surface area (Å²) in [6.07, 6.45) is -0.863. The predicted molar refractivity (Wildman–Crippen MR) is 97.0 cm³/mol. The van der Waals surface area contributed by atoms with Crippen LogP contribution in [0.4, 0.5) is 0 Å². The maximum absolute atomic E-state index is 11.8. The van der Waals surface area contributed by atoms with Gasteiger partial charge in [-0.3, -0.25) is 18.9 Å². The van der Waals surface area contributed by atoms with Crippen molar-refractivity contribution >= 4 is 23.5 Å². The molecule has 5 atom stereocenters. The lowest BCUT2D eigenvalue weighted by atomic mass is 10.0. The minimum atomic E-state index is -5.66. The first-order valence-corrected chi connectivity index (χ1v) is 12.1. The van der Waals surface area contributed by atoms with Crippen molar-refractivity contribution in [1.82, 2.24) is 9.55 Å². The summed E-state index contributed by atoms with van der Waals surface area (Å²) in [5, 5.41) is 9.42. The zero-order valence-electron chi connectivity index (χ0n) is 14.2. The molecule has 0 bridgehead atoms. The Labute approximate surface area is 168 Å². The van der Waals surface area contributed by atoms with E-state index in [2.05, 4.69) is 13.1 Å². The Balaban J connectivity index is 0.00000450. The van der Waals surface area contributed by atoms with Crippen LogP contribution in [-0.2, 0) is 31.6 Å². The molecule has 0 radical (unpaired) electrons. The van der Waals surface area contributed by atoms with E-state index < -0.39 is 66.2 Å². The summed E-state index contributed by atoms with van der Waals surface area (Å²) in [7, 11) is -16.5. The molecule has 1 aliphatic rings. The first-order valence-electron chi connectivity index (χ1n) is 7.57. The molecule has 174 valence electrons. The molecule has 1 aromatic rings. The average molecular weight is 498 g/mol. The Kier molecular flexibility index (Phi) is 9.09. The van der Waals surface area contributed by atoms with Crippen LogP contribution in [0.3, 0.4) is 0 Å². The minimum Gasteiger partial charge on any atom is -0.396 e. The lowest BCUT2D eigenvalue weighted by molar-refractivity contribution is -0.0360. The molecule has 0 saturated carbocycles. The van der Waals surface area contributed by atoms with E-state index in [1.54, 1.807) is 0 Å². The summed E-state index contributed by atoms with van der Waals surface area (Å²) in [6.45, 7) is -1.26. The smallest absolute Gasteiger partial charge is 0.396 e. The van der Waals surface area contributed by atoms with E-state index in [1.807, 2.05) is 4.98 Å². The fraction of sp³-hybridized carbons (Fsp3) is 0.636. The van der Waals surface area contributed by atoms with Gasteiger partial charge in [0.1, 0.15) is 6.23 Å². The molecule has 2 rings (SSSR count). The number of aliphatic hydroxyl groups excluding tert-OH is 1. The van der Waals surface area contributed by atoms with E-state index in [4.69, 9.17) is 19.4 Å². The Hall–Kier alpha value is -0.990. The quantitative estimate of drug-likeness (QED) is 0.233. The van der Waals surface area contributed by atoms with Crippen LogP contribution in [-0.4, -0.2) is 53.5 Å². The molecule has 1 aromatic heterocycles. The molecular weight excluding hydrogens is 477 g/mol. The van der Waals surface area contributed by atoms with Crippen LogP contribution in [0.2, 0.25) is 0 Å². The van der Waals surface area contributed by atoms with Crippen LogP contribution >= 0.6 is 23.5 Å². The molecule has 1 fully saturated rings. The number of rotatable bonds is 9. The van der Waals surface area contributed by atoms with Gasteiger partial charge in [-0.1, -0.05) is 7.43 Å². The van der Waals surface area contributed by atoms with Crippen molar-refractivity contribution in [3.8, 4) is 0 Å². The summed E-state index contributed by atoms with van der Waals surface area (Å²) < 4.78 is 51.7. The minimum absolute atomic E-state index is 0. The molecule has 30 heavy (non-hydrogen) atoms. The highest BCUT2D eigenvalue weighted by molar-refractivity contribution is 7.66. The number of nitrogens with zero attached hydrogens (tertiary/aromatic N) is 1. The number of aromatic amines is 1. The number of aliphatic hydroxyl groups is 1. The summed E-state index contributed by atoms with van der Waals surface area (Å²) in [5.41, 5.74) is -1.44. The van der Waals surface area contributed by atoms with Crippen molar-refractivity contribution in [3.05, 3.63) is 33.1 Å². The van der Waals surface area contributed by atoms with Crippen LogP contribution in [0.1, 0.15) is 20.1 Å². The van der Waals surface area contributed by atoms with Gasteiger partial charge in [-0.25, -0.2) is 18.5 Å². The van der Waals surface area contributed by atoms with Gasteiger partial charge in [0, 0.05) is 31.2 Å². The van der Waals surface area contributed by atoms with Gasteiger partial charge in [-0.15, -0.1) is 0 Å². The van der Waals surface area contributed by atoms with E-state index in [0.29, 0.717) is 0 Å². The first-order chi connectivity index (χ1) is 13.2. The zero-order valence-corrected chi connectivity index (χ0v) is 16.9. The number of ether oxygens (including phenoxy) is 1. The van der Waals surface area contributed by atoms with Crippen LogP contribution in [0.5, 0.6) is 0 Å². The third-order valence-corrected chi connectivity index (χ3v) is 7.38. The lowest BCUT2D eigenvalue weighted by Crippen LogP contribution is -2.31. The van der Waals surface area contributed by atoms with Crippen LogP contribution in [0.25, 0.3) is 0 Å². The van der Waals surface area contributed by atoms with Crippen molar-refractivity contribution < 1.29 is 56.3 Å². The van der Waals surface area contributed by atoms with Gasteiger partial charge in [0.25, 0.3) is 5.56 Å². The molecule has 0 aliphatic carbocycles. The number of phosphoric ester groups is 1. The monoisotopic (exact) mass is 498 g/mol. The van der Waals surface area contributed by atoms with Gasteiger partial charge < -0.3 is 29.4 Å². The number of H-pyrrole nitrogens is 1. The second-order valence-electron chi connectivity index (χ2n) is 5.71. The molecule has 6 N–H and O–H groups in total. The lowest BCUT2D eigenvalue weighted by Gasteiger charge is -2.20. The highest BCUT2D eigenvalue weighted by Crippen LogP contribution is 2.66. The number of nitrogens with one attached hydrogen (secondary N) is 1. The van der Waals surface area contributed by atoms with Gasteiger partial charge in [0.2, 0.25) is 0 Å². The molecule has 19 heteroatoms. The molecule has 2 heterocycles. The van der Waals surface area contributed by atoms with Gasteiger partial charge >= 0.3 is 29.2 Å². The van der Waals surface area contributed by atoms with E-state index in [0.717, 1.165) is 16.8 Å². The second-order valence-corrected chi connectivity index (χ2v) is 10.1. The Morgan fingerprint density at radius 2 is 1.77 bits per heavy atom. The normalized spacial score (nSPS) is 25.8. The average Bonchev–Trinajstić information content (AvgIpc) is 2.92. The molecule has 2 unspecified atom stereocenters. The number of aromatic nitrogens is 2. The topological polar surface area (TPSA) is 244 Å². The van der Waals surface area contributed by atoms with Crippen molar-refractivity contribution in [3.63, 3.8) is 0 Å². The van der Waals surface area contributed by atoms with Gasteiger partial charge in [-0.2, -0.15) is 8.62 Å². The van der Waals surface area contributed by atoms with E-state index >= 15 is 0 Å². The standard InChI is InChI=1S/C10H17N2O14P3.CH4/c13-4-6-3-9(12-2-1-8(14)11-10(12)15)24-7(6)5-23-28(19,20)26-29(21,22)25-27(16,17)18;/h1-2,6-7,9,13H,3-5H2,(H,19,20)(H,21,22)(H,11,14,15)(H2,16,17,18);1H4/t6-,7-,9-;/m1./s1. The van der Waals surface area contributed by atoms with Gasteiger partial charge in [0.15, 0.2) is 0 Å². The fourth-order valence-corrected chi connectivity index (χ4v) is 5.48. The summed E-state index contributed by atoms with van der Waals surface area (Å²) in [6, 6.07) is 1.05. The summed E-state index contributed by atoms with van der Waals surface area (Å²) >= 11 is 0. The summed E-state index contributed by atoms with van der Waals surface area (Å²) in [5.74, 6) is -0.703. The van der Waals surface area contributed by atoms with Gasteiger partial charge in [0.05, 0.1) is 12.7 Å². The second kappa shape index (κ2) is 10.1. The number of phosphoric acid groups is 3. The van der Waals surface area contributed by atoms with Crippen molar-refractivity contribution in [1.29, 1.82) is 0 Å². The third kappa shape index (κ3) is 7.93. The highest BCUT2D eigenvalue weighted by atomic mass is 31.3. The predicted octanol–water partition coefficient (Wildman–Crippen LogP) is -0.588. The molecule has 0 amide bonds. The van der Waals surface area contributed by atoms with Crippen LogP contribution in [0, 0.1) is 5.92 Å². The van der Waals surface area contributed by atoms with Crippen molar-refractivity contribution in [2.75, 3.05) is 13.2 Å². The molecule has 0 aromatic carbocycles. The first kappa shape index (κ1) is 27.0. The van der Waals surface area contributed by atoms with E-state index in [-0.39, 0.29) is 13.8 Å². The largest absolute Gasteiger partial charge is 0.490 e. The van der Waals surface area contributed by atoms with Crippen LogP contribution < -0.4 is 11.2 Å². The molecule has 1 aliphatic heterocycles. The Bertz CT molecular complexity index is 984. The third-order valence-electron chi connectivity index (χ3n) is 3.58. The Morgan fingerprint density at radius 1 is 1.13 bits per heavy atom. The summed E-state index contributed by atoms with van der Waals surface area (Å²) in [4.78, 5) is 60.4. The number of hydrogen-bond acceptors (Lipinski definition) is 10. The Morgan fingerprint density at radius 3 is 2.30 bits per heavy atom. The van der Waals surface area contributed by atoms with E-state index in [1.165, 1.54) is 0 Å². The van der Waals surface area contributed by atoms with E-state index in [9.17, 15) is 33.3 Å². The maximum atomic E-state index is 11.8. The zero-order chi connectivity index (χ0) is 22.0. The molecule has 0 spiro atoms. The molecule has 1 saturated heterocycles. The SMILES string of the molecule is C.O=c1ccn([C@H]2C[C@H](CO)[C@@H](COP(=O)(O)OP(=O)(O)OP(=O)(O)O)O2)c(=O)[nH]1. The van der Waals surface area contributed by atoms with Crippen molar-refractivity contribution in [2.24, 2.45) is 5.92 Å². The number of hydrogen-bond donors (Lipinski definition) is 6. The van der Waals surface area contributed by atoms with Crippen molar-refractivity contribution in [2.45, 2.75) is 26.2 Å². The maximum Gasteiger partial charge on any atom is 0.490 e. The van der Waals surface area contributed by atoms with Crippen LogP contribution in [0.15, 0.2) is 21.9 Å². The van der Waals surface area contributed by atoms with Gasteiger partial charge in [-0.05, 0) is 0 Å². The highest BCUT2D eigenvalue weighted by Gasteiger charge is 2.43. The fourth-order valence-electron chi connectivity index (χ4n) is 2.45. The molecular formula is C11H21N2O14P3.